The van der Waals surface area contributed by atoms with Gasteiger partial charge in [-0.2, -0.15) is 0 Å². The second-order valence-corrected chi connectivity index (χ2v) is 6.43. The van der Waals surface area contributed by atoms with Gasteiger partial charge in [-0.1, -0.05) is 54.1 Å². The van der Waals surface area contributed by atoms with E-state index in [2.05, 4.69) is 0 Å². The molecule has 5 heteroatoms. The first-order chi connectivity index (χ1) is 9.00. The summed E-state index contributed by atoms with van der Waals surface area (Å²) in [7, 11) is 0. The molecule has 1 aliphatic rings. The smallest absolute Gasteiger partial charge is 0.0761 e. The maximum atomic E-state index is 10.4. The molecule has 0 aromatic heterocycles. The molecule has 2 nitrogen and oxygen atoms in total. The van der Waals surface area contributed by atoms with Crippen LogP contribution >= 0.6 is 34.8 Å². The van der Waals surface area contributed by atoms with E-state index >= 15 is 0 Å². The molecule has 1 aliphatic carbocycles. The van der Waals surface area contributed by atoms with E-state index in [0.717, 1.165) is 25.7 Å². The molecular formula is C14H18Cl3NO. The van der Waals surface area contributed by atoms with Gasteiger partial charge in [0.1, 0.15) is 0 Å². The van der Waals surface area contributed by atoms with Crippen LogP contribution in [0, 0.1) is 5.92 Å². The Morgan fingerprint density at radius 3 is 2.37 bits per heavy atom. The lowest BCUT2D eigenvalue weighted by atomic mass is 9.81. The molecule has 106 valence electrons. The fraction of sp³-hybridized carbons (Fsp3) is 0.571. The molecule has 1 saturated carbocycles. The van der Waals surface area contributed by atoms with Gasteiger partial charge in [-0.05, 0) is 36.5 Å². The molecular weight excluding hydrogens is 305 g/mol. The molecule has 1 fully saturated rings. The Morgan fingerprint density at radius 1 is 1.11 bits per heavy atom. The van der Waals surface area contributed by atoms with Crippen molar-refractivity contribution in [1.29, 1.82) is 0 Å². The summed E-state index contributed by atoms with van der Waals surface area (Å²) >= 11 is 18.1. The van der Waals surface area contributed by atoms with Crippen molar-refractivity contribution in [1.82, 2.24) is 0 Å². The second kappa shape index (κ2) is 6.64. The van der Waals surface area contributed by atoms with Gasteiger partial charge < -0.3 is 10.8 Å². The molecule has 2 atom stereocenters. The molecule has 0 spiro atoms. The molecule has 0 amide bonds. The van der Waals surface area contributed by atoms with Crippen LogP contribution in [0.2, 0.25) is 15.1 Å². The number of aliphatic hydroxyl groups is 1. The largest absolute Gasteiger partial charge is 0.391 e. The Morgan fingerprint density at radius 2 is 1.74 bits per heavy atom. The molecule has 3 N–H and O–H groups in total. The minimum atomic E-state index is -0.604. The maximum Gasteiger partial charge on any atom is 0.0761 e. The van der Waals surface area contributed by atoms with E-state index in [9.17, 15) is 5.11 Å². The molecule has 2 rings (SSSR count). The van der Waals surface area contributed by atoms with E-state index in [1.54, 1.807) is 12.1 Å². The van der Waals surface area contributed by atoms with E-state index in [1.807, 2.05) is 0 Å². The summed E-state index contributed by atoms with van der Waals surface area (Å²) in [4.78, 5) is 0. The zero-order valence-electron chi connectivity index (χ0n) is 10.6. The standard InChI is InChI=1S/C14H18Cl3NO/c15-9-6-10(12(17)11(16)7-9)13(18)14(19)8-4-2-1-3-5-8/h6-8,13-14,19H,1-5,18H2/t13-,14+/m1/s1. The zero-order chi connectivity index (χ0) is 14.0. The summed E-state index contributed by atoms with van der Waals surface area (Å²) in [5, 5.41) is 11.7. The number of benzene rings is 1. The Hall–Kier alpha value is 0.01000. The Bertz CT molecular complexity index is 447. The minimum absolute atomic E-state index is 0.234. The summed E-state index contributed by atoms with van der Waals surface area (Å²) in [6, 6.07) is 2.72. The second-order valence-electron chi connectivity index (χ2n) is 5.21. The fourth-order valence-electron chi connectivity index (χ4n) is 2.77. The van der Waals surface area contributed by atoms with Crippen molar-refractivity contribution < 1.29 is 5.11 Å². The molecule has 0 unspecified atom stereocenters. The van der Waals surface area contributed by atoms with Gasteiger partial charge in [0.2, 0.25) is 0 Å². The quantitative estimate of drug-likeness (QED) is 0.800. The normalized spacial score (nSPS) is 20.3. The summed E-state index contributed by atoms with van der Waals surface area (Å²) in [6.07, 6.45) is 4.97. The lowest BCUT2D eigenvalue weighted by Crippen LogP contribution is -2.34. The van der Waals surface area contributed by atoms with Crippen molar-refractivity contribution >= 4 is 34.8 Å². The van der Waals surface area contributed by atoms with Gasteiger partial charge in [-0.15, -0.1) is 0 Å². The fourth-order valence-corrected chi connectivity index (χ4v) is 3.52. The highest BCUT2D eigenvalue weighted by Crippen LogP contribution is 2.37. The summed E-state index contributed by atoms with van der Waals surface area (Å²) in [6.45, 7) is 0. The number of aliphatic hydroxyl groups excluding tert-OH is 1. The van der Waals surface area contributed by atoms with E-state index in [0.29, 0.717) is 20.6 Å². The van der Waals surface area contributed by atoms with Gasteiger partial charge in [-0.25, -0.2) is 0 Å². The van der Waals surface area contributed by atoms with Crippen LogP contribution < -0.4 is 5.73 Å². The Balaban J connectivity index is 2.20. The van der Waals surface area contributed by atoms with Crippen molar-refractivity contribution in [3.05, 3.63) is 32.8 Å². The predicted octanol–water partition coefficient (Wildman–Crippen LogP) is 4.59. The molecule has 1 aromatic carbocycles. The van der Waals surface area contributed by atoms with Crippen LogP contribution in [0.25, 0.3) is 0 Å². The first-order valence-corrected chi connectivity index (χ1v) is 7.72. The van der Waals surface area contributed by atoms with Gasteiger partial charge in [0.05, 0.1) is 22.2 Å². The van der Waals surface area contributed by atoms with Crippen molar-refractivity contribution in [3.63, 3.8) is 0 Å². The summed E-state index contributed by atoms with van der Waals surface area (Å²) in [5.74, 6) is 0.234. The number of rotatable bonds is 3. The monoisotopic (exact) mass is 321 g/mol. The number of hydrogen-bond donors (Lipinski definition) is 2. The first kappa shape index (κ1) is 15.4. The van der Waals surface area contributed by atoms with E-state index < -0.39 is 12.1 Å². The number of hydrogen-bond acceptors (Lipinski definition) is 2. The summed E-state index contributed by atoms with van der Waals surface area (Å²) in [5.41, 5.74) is 6.78. The lowest BCUT2D eigenvalue weighted by Gasteiger charge is -2.31. The van der Waals surface area contributed by atoms with Crippen molar-refractivity contribution in [2.24, 2.45) is 11.7 Å². The SMILES string of the molecule is N[C@H](c1cc(Cl)cc(Cl)c1Cl)[C@@H](O)C1CCCCC1. The first-order valence-electron chi connectivity index (χ1n) is 6.59. The molecule has 0 aliphatic heterocycles. The Labute approximate surface area is 128 Å². The molecule has 0 radical (unpaired) electrons. The van der Waals surface area contributed by atoms with Gasteiger partial charge in [-0.3, -0.25) is 0 Å². The summed E-state index contributed by atoms with van der Waals surface area (Å²) < 4.78 is 0. The molecule has 19 heavy (non-hydrogen) atoms. The van der Waals surface area contributed by atoms with Crippen LogP contribution in [-0.2, 0) is 0 Å². The van der Waals surface area contributed by atoms with Crippen molar-refractivity contribution in [2.45, 2.75) is 44.2 Å². The van der Waals surface area contributed by atoms with Crippen molar-refractivity contribution in [2.75, 3.05) is 0 Å². The molecule has 1 aromatic rings. The lowest BCUT2D eigenvalue weighted by molar-refractivity contribution is 0.0618. The van der Waals surface area contributed by atoms with Gasteiger partial charge in [0.25, 0.3) is 0 Å². The highest BCUT2D eigenvalue weighted by molar-refractivity contribution is 6.43. The van der Waals surface area contributed by atoms with Crippen molar-refractivity contribution in [3.8, 4) is 0 Å². The topological polar surface area (TPSA) is 46.2 Å². The van der Waals surface area contributed by atoms with E-state index in [-0.39, 0.29) is 5.92 Å². The van der Waals surface area contributed by atoms with Crippen LogP contribution in [0.4, 0.5) is 0 Å². The van der Waals surface area contributed by atoms with Crippen LogP contribution in [0.5, 0.6) is 0 Å². The average Bonchev–Trinajstić information content (AvgIpc) is 2.42. The molecule has 0 heterocycles. The maximum absolute atomic E-state index is 10.4. The number of nitrogens with two attached hydrogens (primary N) is 1. The highest BCUT2D eigenvalue weighted by atomic mass is 35.5. The van der Waals surface area contributed by atoms with Gasteiger partial charge in [0.15, 0.2) is 0 Å². The third-order valence-electron chi connectivity index (χ3n) is 3.88. The van der Waals surface area contributed by atoms with Crippen LogP contribution in [0.3, 0.4) is 0 Å². The highest BCUT2D eigenvalue weighted by Gasteiger charge is 2.29. The Kier molecular flexibility index (Phi) is 5.38. The van der Waals surface area contributed by atoms with Crippen LogP contribution in [-0.4, -0.2) is 11.2 Å². The third-order valence-corrected chi connectivity index (χ3v) is 4.92. The molecule has 0 saturated heterocycles. The average molecular weight is 323 g/mol. The van der Waals surface area contributed by atoms with E-state index in [4.69, 9.17) is 40.5 Å². The van der Waals surface area contributed by atoms with Crippen LogP contribution in [0.15, 0.2) is 12.1 Å². The van der Waals surface area contributed by atoms with Gasteiger partial charge >= 0.3 is 0 Å². The third kappa shape index (κ3) is 3.56. The predicted molar refractivity (Wildman–Crippen MR) is 81.0 cm³/mol. The minimum Gasteiger partial charge on any atom is -0.391 e. The number of halogens is 3. The zero-order valence-corrected chi connectivity index (χ0v) is 12.8. The van der Waals surface area contributed by atoms with Gasteiger partial charge in [0, 0.05) is 5.02 Å². The molecule has 0 bridgehead atoms. The van der Waals surface area contributed by atoms with Crippen LogP contribution in [0.1, 0.15) is 43.7 Å². The van der Waals surface area contributed by atoms with E-state index in [1.165, 1.54) is 6.42 Å².